The van der Waals surface area contributed by atoms with Crippen molar-refractivity contribution in [2.24, 2.45) is 0 Å². The summed E-state index contributed by atoms with van der Waals surface area (Å²) in [6.45, 7) is 0. The Labute approximate surface area is 502 Å². The van der Waals surface area contributed by atoms with Crippen LogP contribution in [0.25, 0.3) is 0 Å². The summed E-state index contributed by atoms with van der Waals surface area (Å²) in [7, 11) is 0. The molecule has 0 spiro atoms. The van der Waals surface area contributed by atoms with Gasteiger partial charge < -0.3 is 19.3 Å². The van der Waals surface area contributed by atoms with Gasteiger partial charge in [0.15, 0.2) is 17.4 Å². The van der Waals surface area contributed by atoms with Crippen LogP contribution in [0.5, 0.6) is 11.5 Å². The van der Waals surface area contributed by atoms with Gasteiger partial charge in [0, 0.05) is 0 Å². The van der Waals surface area contributed by atoms with Crippen LogP contribution in [0.4, 0.5) is 237 Å². The van der Waals surface area contributed by atoms with Gasteiger partial charge in [0.25, 0.3) is 0 Å². The van der Waals surface area contributed by atoms with Crippen LogP contribution >= 0.6 is 0 Å². The minimum absolute atomic E-state index is 1.71. The fourth-order valence-electron chi connectivity index (χ4n) is 6.28. The largest absolute Gasteiger partial charge is 0.503 e. The molecule has 0 saturated carbocycles. The third kappa shape index (κ3) is 11.8. The first kappa shape index (κ1) is 89.0. The Morgan fingerprint density at radius 2 is 0.470 bits per heavy atom. The van der Waals surface area contributed by atoms with Gasteiger partial charge in [0.1, 0.15) is 11.3 Å². The molecule has 0 fully saturated rings. The monoisotopic (exact) mass is 1610 g/mol. The Morgan fingerprint density at radius 3 is 0.700 bits per heavy atom. The molecule has 0 unspecified atom stereocenters. The van der Waals surface area contributed by atoms with Gasteiger partial charge >= 0.3 is 161 Å². The summed E-state index contributed by atoms with van der Waals surface area (Å²) in [5.41, 5.74) is -17.3. The number of phenolic OH excluding ortho intramolecular Hbond substituents is 1. The quantitative estimate of drug-likeness (QED) is 0.0458. The zero-order chi connectivity index (χ0) is 81.2. The van der Waals surface area contributed by atoms with Crippen molar-refractivity contribution >= 4 is 17.9 Å². The number of carbonyl (C=O) groups is 3. The molecule has 0 radical (unpaired) electrons. The molecule has 0 aliphatic heterocycles. The maximum absolute atomic E-state index is 15.6. The second-order valence-electron chi connectivity index (χ2n) is 18.4. The van der Waals surface area contributed by atoms with Crippen LogP contribution < -0.4 is 4.74 Å². The van der Waals surface area contributed by atoms with E-state index in [9.17, 15) is 230 Å². The number of hydrogen-bond acceptors (Lipinski definition) is 7. The summed E-state index contributed by atoms with van der Waals surface area (Å²) >= 11 is 0. The number of alkyl halides is 51. The van der Waals surface area contributed by atoms with Gasteiger partial charge in [-0.1, -0.05) is 0 Å². The molecule has 0 atom stereocenters. The summed E-state index contributed by atoms with van der Waals surface area (Å²) in [5, 5.41) is 9.27. The molecule has 100 heavy (non-hydrogen) atoms. The first-order valence-corrected chi connectivity index (χ1v) is 21.7. The van der Waals surface area contributed by atoms with E-state index in [1.807, 2.05) is 9.47 Å². The Bertz CT molecular complexity index is 3340. The topological polar surface area (TPSA) is 99.1 Å². The van der Waals surface area contributed by atoms with Gasteiger partial charge in [-0.2, -0.15) is 228 Å². The molecule has 61 heteroatoms. The number of rotatable bonds is 25. The fourth-order valence-corrected chi connectivity index (χ4v) is 6.28. The van der Waals surface area contributed by atoms with Gasteiger partial charge in [0.2, 0.25) is 5.82 Å². The van der Waals surface area contributed by atoms with Crippen molar-refractivity contribution in [3.05, 3.63) is 57.9 Å². The molecule has 2 rings (SSSR count). The second-order valence-corrected chi connectivity index (χ2v) is 18.4. The fraction of sp³-hybridized carbons (Fsp3) is 0.615. The minimum atomic E-state index is -10.5. The molecule has 580 valence electrons. The molecule has 7 nitrogen and oxygen atoms in total. The average Bonchev–Trinajstić information content (AvgIpc) is 0.685. The van der Waals surface area contributed by atoms with E-state index in [4.69, 9.17) is 0 Å². The lowest BCUT2D eigenvalue weighted by Crippen LogP contribution is -2.78. The Balaban J connectivity index is 3.26. The van der Waals surface area contributed by atoms with Crippen molar-refractivity contribution in [2.75, 3.05) is 0 Å². The van der Waals surface area contributed by atoms with Crippen molar-refractivity contribution < 1.29 is 271 Å². The zero-order valence-corrected chi connectivity index (χ0v) is 43.0. The van der Waals surface area contributed by atoms with Crippen molar-refractivity contribution in [3.8, 4) is 11.5 Å². The molecule has 0 aliphatic rings. The molecule has 0 amide bonds. The summed E-state index contributed by atoms with van der Waals surface area (Å²) in [5.74, 6) is -218. The lowest BCUT2D eigenvalue weighted by atomic mass is 9.83. The lowest BCUT2D eigenvalue weighted by molar-refractivity contribution is -0.482. The number of aromatic hydroxyl groups is 1. The highest BCUT2D eigenvalue weighted by atomic mass is 19.5. The Morgan fingerprint density at radius 1 is 0.260 bits per heavy atom. The number of halogens is 54. The molecule has 0 heterocycles. The van der Waals surface area contributed by atoms with E-state index in [0.29, 0.717) is 0 Å². The van der Waals surface area contributed by atoms with Crippen LogP contribution in [0, 0.1) is 17.5 Å². The molecule has 0 bridgehead atoms. The predicted octanol–water partition coefficient (Wildman–Crippen LogP) is 18.7. The summed E-state index contributed by atoms with van der Waals surface area (Å²) in [6.07, 6.45) is -42.4. The number of hydrogen-bond donors (Lipinski definition) is 1. The highest BCUT2D eigenvalue weighted by Gasteiger charge is 3.01. The van der Waals surface area contributed by atoms with E-state index in [1.54, 1.807) is 0 Å². The van der Waals surface area contributed by atoms with E-state index in [1.165, 1.54) is 0 Å². The zero-order valence-electron chi connectivity index (χ0n) is 43.0. The standard InChI is InChI=1S/C39H4F54O7/c40-9-7(8(10(41)12(94)11(9)42)16(43,44)17(45,46)18(47,48)19(49,50)20(51,52)21(53,54)22(55,56)23(57,58)24(59,60)25(61,62)30(71,72)35(81,82)83)15(97)98-6-2-4(13(95)99-38(90,91)33(77,78)28(67,68)26(63,64)31(73,74)36(84,85)86)1-5(3-6)14(96)100-39(92,93)34(79,80)29(69,70)27(65,66)32(75,76)37(87,88)89/h1-3,94H. The molecule has 0 aromatic heterocycles. The van der Waals surface area contributed by atoms with Crippen molar-refractivity contribution in [3.63, 3.8) is 0 Å². The van der Waals surface area contributed by atoms with Gasteiger partial charge in [-0.3, -0.25) is 0 Å². The number of ether oxygens (including phenoxy) is 3. The molecule has 2 aromatic rings. The normalized spacial score (nSPS) is 15.9. The maximum atomic E-state index is 15.6. The van der Waals surface area contributed by atoms with Crippen LogP contribution in [0.15, 0.2) is 18.2 Å². The molecule has 1 N–H and O–H groups in total. The van der Waals surface area contributed by atoms with E-state index < -0.39 is 231 Å². The summed E-state index contributed by atoms with van der Waals surface area (Å²) < 4.78 is 761. The minimum Gasteiger partial charge on any atom is -0.503 e. The summed E-state index contributed by atoms with van der Waals surface area (Å²) in [4.78, 5) is 38.0. The molecule has 2 aromatic carbocycles. The average molecular weight is 1610 g/mol. The van der Waals surface area contributed by atoms with Crippen LogP contribution in [0.2, 0.25) is 0 Å². The van der Waals surface area contributed by atoms with Crippen LogP contribution in [0.1, 0.15) is 36.6 Å². The molecular formula is C39H4F54O7. The summed E-state index contributed by atoms with van der Waals surface area (Å²) in [6, 6.07) is -5.15. The maximum Gasteiger partial charge on any atom is 0.473 e. The molecule has 0 aliphatic carbocycles. The SMILES string of the molecule is O=C(OC(F)(F)C(F)(F)C(F)(F)C(F)(F)C(F)(F)C(F)(F)F)c1cc(OC(=O)c2c(F)c(F)c(O)c(F)c2C(F)(F)C(F)(F)C(F)(F)C(F)(F)C(F)(F)C(F)(F)C(F)(F)C(F)(F)C(F)(F)C(F)(F)C(F)(F)C(F)(F)F)cc(C(=O)OC(F)(F)C(F)(F)C(F)(F)C(F)(F)C(F)(F)C(F)(F)F)c1. The first-order valence-electron chi connectivity index (χ1n) is 21.7. The second kappa shape index (κ2) is 23.7. The van der Waals surface area contributed by atoms with Gasteiger partial charge in [-0.05, 0) is 18.2 Å². The van der Waals surface area contributed by atoms with E-state index in [-0.39, 0.29) is 0 Å². The van der Waals surface area contributed by atoms with E-state index >= 15 is 26.3 Å². The number of carbonyl (C=O) groups excluding carboxylic acids is 3. The van der Waals surface area contributed by atoms with Gasteiger partial charge in [-0.15, -0.1) is 0 Å². The van der Waals surface area contributed by atoms with Crippen molar-refractivity contribution in [2.45, 2.75) is 143 Å². The highest BCUT2D eigenvalue weighted by molar-refractivity contribution is 5.98. The Kier molecular flexibility index (Phi) is 21.1. The number of benzene rings is 2. The van der Waals surface area contributed by atoms with E-state index in [2.05, 4.69) is 4.74 Å². The van der Waals surface area contributed by atoms with Crippen molar-refractivity contribution in [1.29, 1.82) is 0 Å². The van der Waals surface area contributed by atoms with E-state index in [0.717, 1.165) is 0 Å². The number of esters is 3. The molecular weight excluding hydrogens is 1610 g/mol. The third-order valence-corrected chi connectivity index (χ3v) is 12.0. The van der Waals surface area contributed by atoms with Crippen LogP contribution in [-0.4, -0.2) is 160 Å². The highest BCUT2D eigenvalue weighted by Crippen LogP contribution is 2.70. The number of phenols is 1. The van der Waals surface area contributed by atoms with Gasteiger partial charge in [0.05, 0.1) is 16.7 Å². The predicted molar refractivity (Wildman–Crippen MR) is 191 cm³/mol. The van der Waals surface area contributed by atoms with Gasteiger partial charge in [-0.25, -0.2) is 23.2 Å². The van der Waals surface area contributed by atoms with Crippen LogP contribution in [-0.2, 0) is 15.4 Å². The third-order valence-electron chi connectivity index (χ3n) is 12.0. The lowest BCUT2D eigenvalue weighted by Gasteiger charge is -2.45. The smallest absolute Gasteiger partial charge is 0.473 e. The Hall–Kier alpha value is -7.13. The molecule has 0 saturated heterocycles. The first-order chi connectivity index (χ1) is 42.9. The van der Waals surface area contributed by atoms with Crippen molar-refractivity contribution in [1.82, 2.24) is 0 Å². The van der Waals surface area contributed by atoms with Crippen LogP contribution in [0.3, 0.4) is 0 Å².